The zero-order chi connectivity index (χ0) is 22.1. The van der Waals surface area contributed by atoms with Crippen molar-refractivity contribution in [2.75, 3.05) is 7.11 Å². The Balaban J connectivity index is 1.50. The van der Waals surface area contributed by atoms with Crippen LogP contribution in [0.15, 0.2) is 23.0 Å². The number of esters is 1. The van der Waals surface area contributed by atoms with E-state index in [0.717, 1.165) is 37.6 Å². The van der Waals surface area contributed by atoms with Crippen molar-refractivity contribution in [1.29, 1.82) is 0 Å². The van der Waals surface area contributed by atoms with Crippen LogP contribution in [0.1, 0.15) is 56.6 Å². The molecule has 2 aromatic rings. The highest BCUT2D eigenvalue weighted by Gasteiger charge is 2.31. The largest absolute Gasteiger partial charge is 0.469 e. The maximum atomic E-state index is 12.9. The number of imidazole rings is 1. The van der Waals surface area contributed by atoms with Gasteiger partial charge < -0.3 is 4.74 Å². The van der Waals surface area contributed by atoms with E-state index in [4.69, 9.17) is 4.74 Å². The Morgan fingerprint density at radius 1 is 1.06 bits per heavy atom. The number of hydrogen-bond acceptors (Lipinski definition) is 5. The van der Waals surface area contributed by atoms with Crippen LogP contribution in [0.3, 0.4) is 0 Å². The van der Waals surface area contributed by atoms with Gasteiger partial charge in [0.15, 0.2) is 0 Å². The highest BCUT2D eigenvalue weighted by atomic mass is 16.5. The Kier molecular flexibility index (Phi) is 5.98. The van der Waals surface area contributed by atoms with Gasteiger partial charge in [-0.25, -0.2) is 4.79 Å². The normalized spacial score (nSPS) is 24.3. The third-order valence-electron chi connectivity index (χ3n) is 6.85. The van der Waals surface area contributed by atoms with Crippen LogP contribution in [-0.2, 0) is 32.6 Å². The summed E-state index contributed by atoms with van der Waals surface area (Å²) in [5.41, 5.74) is 2.43. The number of ether oxygens (including phenoxy) is 1. The van der Waals surface area contributed by atoms with E-state index in [2.05, 4.69) is 5.32 Å². The number of aryl methyl sites for hydroxylation is 1. The SMILES string of the molecule is COC(=O)C[C@H]1CC[C@@H](Cc2ccc3c(c2)n(C)c(=O)n3C2CCC(=O)NC2=O)CC1. The third kappa shape index (κ3) is 4.29. The number of fused-ring (bicyclic) bond motifs is 1. The second-order valence-corrected chi connectivity index (χ2v) is 8.87. The summed E-state index contributed by atoms with van der Waals surface area (Å²) in [4.78, 5) is 48.2. The molecule has 2 amide bonds. The smallest absolute Gasteiger partial charge is 0.329 e. The van der Waals surface area contributed by atoms with Crippen LogP contribution in [0.25, 0.3) is 11.0 Å². The van der Waals surface area contributed by atoms with Gasteiger partial charge in [-0.2, -0.15) is 0 Å². The Bertz CT molecular complexity index is 1070. The number of carbonyl (C=O) groups is 3. The molecule has 4 rings (SSSR count). The van der Waals surface area contributed by atoms with Gasteiger partial charge in [-0.1, -0.05) is 6.07 Å². The first-order chi connectivity index (χ1) is 14.9. The van der Waals surface area contributed by atoms with Crippen LogP contribution < -0.4 is 11.0 Å². The average Bonchev–Trinajstić information content (AvgIpc) is 3.00. The third-order valence-corrected chi connectivity index (χ3v) is 6.85. The minimum absolute atomic E-state index is 0.129. The van der Waals surface area contributed by atoms with Gasteiger partial charge in [0.2, 0.25) is 11.8 Å². The van der Waals surface area contributed by atoms with Gasteiger partial charge in [0.05, 0.1) is 18.1 Å². The number of piperidine rings is 1. The number of methoxy groups -OCH3 is 1. The molecule has 1 atom stereocenters. The summed E-state index contributed by atoms with van der Waals surface area (Å²) in [6, 6.07) is 5.33. The number of imide groups is 1. The van der Waals surface area contributed by atoms with E-state index in [-0.39, 0.29) is 24.0 Å². The molecule has 1 saturated carbocycles. The molecule has 2 heterocycles. The van der Waals surface area contributed by atoms with Gasteiger partial charge in [-0.15, -0.1) is 0 Å². The summed E-state index contributed by atoms with van der Waals surface area (Å²) in [6.45, 7) is 0. The number of hydrogen-bond donors (Lipinski definition) is 1. The van der Waals surface area contributed by atoms with E-state index in [1.165, 1.54) is 17.2 Å². The van der Waals surface area contributed by atoms with Crippen LogP contribution >= 0.6 is 0 Å². The molecule has 1 saturated heterocycles. The van der Waals surface area contributed by atoms with E-state index in [0.29, 0.717) is 30.2 Å². The molecule has 166 valence electrons. The molecule has 1 unspecified atom stereocenters. The van der Waals surface area contributed by atoms with Crippen LogP contribution in [-0.4, -0.2) is 34.0 Å². The van der Waals surface area contributed by atoms with Crippen molar-refractivity contribution >= 4 is 28.8 Å². The van der Waals surface area contributed by atoms with Crippen molar-refractivity contribution in [1.82, 2.24) is 14.5 Å². The molecule has 1 aromatic heterocycles. The Hall–Kier alpha value is -2.90. The Morgan fingerprint density at radius 3 is 2.45 bits per heavy atom. The van der Waals surface area contributed by atoms with Gasteiger partial charge in [0.25, 0.3) is 0 Å². The van der Waals surface area contributed by atoms with Crippen LogP contribution in [0.4, 0.5) is 0 Å². The van der Waals surface area contributed by atoms with E-state index in [9.17, 15) is 19.2 Å². The minimum atomic E-state index is -0.662. The molecule has 1 aromatic carbocycles. The summed E-state index contributed by atoms with van der Waals surface area (Å²) >= 11 is 0. The lowest BCUT2D eigenvalue weighted by molar-refractivity contribution is -0.142. The zero-order valence-electron chi connectivity index (χ0n) is 18.1. The first-order valence-electron chi connectivity index (χ1n) is 11.0. The summed E-state index contributed by atoms with van der Waals surface area (Å²) in [5, 5.41) is 2.34. The number of carbonyl (C=O) groups excluding carboxylic acids is 3. The summed E-state index contributed by atoms with van der Waals surface area (Å²) in [5.74, 6) is 0.127. The topological polar surface area (TPSA) is 99.4 Å². The fraction of sp³-hybridized carbons (Fsp3) is 0.565. The van der Waals surface area contributed by atoms with Crippen molar-refractivity contribution < 1.29 is 19.1 Å². The van der Waals surface area contributed by atoms with E-state index < -0.39 is 11.9 Å². The molecule has 0 bridgehead atoms. The molecule has 2 aliphatic rings. The second-order valence-electron chi connectivity index (χ2n) is 8.87. The number of nitrogens with one attached hydrogen (secondary N) is 1. The van der Waals surface area contributed by atoms with Crippen molar-refractivity contribution in [3.8, 4) is 0 Å². The van der Waals surface area contributed by atoms with Crippen molar-refractivity contribution in [3.63, 3.8) is 0 Å². The molecule has 8 nitrogen and oxygen atoms in total. The highest BCUT2D eigenvalue weighted by molar-refractivity contribution is 6.00. The predicted molar refractivity (Wildman–Crippen MR) is 114 cm³/mol. The molecule has 1 aliphatic carbocycles. The Morgan fingerprint density at radius 2 is 1.77 bits per heavy atom. The predicted octanol–water partition coefficient (Wildman–Crippen LogP) is 2.23. The molecular weight excluding hydrogens is 398 g/mol. The van der Waals surface area contributed by atoms with E-state index >= 15 is 0 Å². The standard InChI is InChI=1S/C23H29N3O5/c1-25-19-12-16(11-14-3-5-15(6-4-14)13-21(28)31-2)7-8-17(19)26(23(25)30)18-9-10-20(27)24-22(18)29/h7-8,12,14-15,18H,3-6,9-11,13H2,1-2H3,(H,24,27,29)/t14-,15+,18?. The molecule has 2 fully saturated rings. The molecule has 31 heavy (non-hydrogen) atoms. The number of amides is 2. The first kappa shape index (κ1) is 21.3. The number of aromatic nitrogens is 2. The number of benzene rings is 1. The van der Waals surface area contributed by atoms with Crippen LogP contribution in [0.2, 0.25) is 0 Å². The number of rotatable bonds is 5. The monoisotopic (exact) mass is 427 g/mol. The van der Waals surface area contributed by atoms with E-state index in [1.807, 2.05) is 18.2 Å². The lowest BCUT2D eigenvalue weighted by Crippen LogP contribution is -2.44. The first-order valence-corrected chi connectivity index (χ1v) is 11.0. The van der Waals surface area contributed by atoms with Crippen molar-refractivity contribution in [2.45, 2.75) is 57.4 Å². The summed E-state index contributed by atoms with van der Waals surface area (Å²) in [7, 11) is 3.15. The van der Waals surface area contributed by atoms with Crippen LogP contribution in [0, 0.1) is 11.8 Å². The molecule has 0 spiro atoms. The minimum Gasteiger partial charge on any atom is -0.469 e. The highest BCUT2D eigenvalue weighted by Crippen LogP contribution is 2.33. The zero-order valence-corrected chi connectivity index (χ0v) is 18.1. The lowest BCUT2D eigenvalue weighted by atomic mass is 9.78. The summed E-state index contributed by atoms with van der Waals surface area (Å²) in [6.07, 6.45) is 6.23. The maximum Gasteiger partial charge on any atom is 0.329 e. The molecule has 0 radical (unpaired) electrons. The Labute approximate surface area is 180 Å². The molecule has 1 aliphatic heterocycles. The second kappa shape index (κ2) is 8.69. The molecular formula is C23H29N3O5. The fourth-order valence-electron chi connectivity index (χ4n) is 5.06. The van der Waals surface area contributed by atoms with Gasteiger partial charge in [0, 0.05) is 19.9 Å². The van der Waals surface area contributed by atoms with Gasteiger partial charge >= 0.3 is 11.7 Å². The molecule has 1 N–H and O–H groups in total. The maximum absolute atomic E-state index is 12.9. The lowest BCUT2D eigenvalue weighted by Gasteiger charge is -2.28. The van der Waals surface area contributed by atoms with Crippen molar-refractivity contribution in [3.05, 3.63) is 34.2 Å². The van der Waals surface area contributed by atoms with Gasteiger partial charge in [-0.05, 0) is 68.1 Å². The molecule has 8 heteroatoms. The fourth-order valence-corrected chi connectivity index (χ4v) is 5.06. The van der Waals surface area contributed by atoms with Gasteiger partial charge in [0.1, 0.15) is 6.04 Å². The number of nitrogens with zero attached hydrogens (tertiary/aromatic N) is 2. The average molecular weight is 428 g/mol. The van der Waals surface area contributed by atoms with Crippen molar-refractivity contribution in [2.24, 2.45) is 18.9 Å². The van der Waals surface area contributed by atoms with Crippen LogP contribution in [0.5, 0.6) is 0 Å². The van der Waals surface area contributed by atoms with E-state index in [1.54, 1.807) is 11.6 Å². The van der Waals surface area contributed by atoms with Gasteiger partial charge in [-0.3, -0.25) is 28.8 Å². The quantitative estimate of drug-likeness (QED) is 0.583. The summed E-state index contributed by atoms with van der Waals surface area (Å²) < 4.78 is 7.88.